The molecule has 1 N–H and O–H groups in total. The molecular weight excluding hydrogens is 696 g/mol. The fourth-order valence-electron chi connectivity index (χ4n) is 9.65. The van der Waals surface area contributed by atoms with Gasteiger partial charge in [-0.15, -0.1) is 0 Å². The normalized spacial score (nSPS) is 23.5. The lowest BCUT2D eigenvalue weighted by Crippen LogP contribution is -2.49. The molecular formula is C45H47FN4O5. The molecule has 1 aliphatic carbocycles. The minimum atomic E-state index is -0.497. The summed E-state index contributed by atoms with van der Waals surface area (Å²) < 4.78 is 22.2. The molecule has 4 aromatic rings. The van der Waals surface area contributed by atoms with E-state index in [4.69, 9.17) is 4.74 Å². The number of Topliss-reactive ketones (excluding diaryl/α,β-unsaturated/α-hetero) is 2. The Kier molecular flexibility index (Phi) is 9.54. The maximum atomic E-state index is 16.1. The van der Waals surface area contributed by atoms with E-state index in [9.17, 15) is 19.5 Å². The molecule has 55 heavy (non-hydrogen) atoms. The molecule has 4 aliphatic heterocycles. The van der Waals surface area contributed by atoms with Crippen molar-refractivity contribution in [1.29, 1.82) is 0 Å². The van der Waals surface area contributed by atoms with Crippen LogP contribution in [-0.4, -0.2) is 90.8 Å². The van der Waals surface area contributed by atoms with Gasteiger partial charge in [0.1, 0.15) is 23.1 Å². The van der Waals surface area contributed by atoms with E-state index in [0.717, 1.165) is 86.6 Å². The third-order valence-electron chi connectivity index (χ3n) is 12.7. The first-order chi connectivity index (χ1) is 26.8. The van der Waals surface area contributed by atoms with Crippen LogP contribution in [0.4, 0.5) is 15.8 Å². The quantitative estimate of drug-likeness (QED) is 0.214. The Balaban J connectivity index is 0.795. The number of phenolic OH excluding ortho intramolecular Hbond substituents is 1. The lowest BCUT2D eigenvalue weighted by molar-refractivity contribution is -0.133. The van der Waals surface area contributed by atoms with Crippen molar-refractivity contribution in [1.82, 2.24) is 9.80 Å². The standard InChI is InChI=1S/C45H47FN4O5/c46-39-23-31(44-37-11-8-35(52)25-43(37)55-28-38(44)30-4-2-1-3-5-30)6-12-40(39)49-16-14-29(15-17-49)26-47-18-20-48(21-19-47)33-7-10-36-32(22-33)27-50(45(36)54)41-13-9-34(51)24-42(41)53/h1-8,10-12,22-23,25,29,38,41,44,52H,9,13-21,24,26-28H2/t38-,41+,44-/m1/s1. The maximum absolute atomic E-state index is 16.1. The predicted octanol–water partition coefficient (Wildman–Crippen LogP) is 6.52. The molecule has 5 aliphatic rings. The van der Waals surface area contributed by atoms with Gasteiger partial charge in [-0.05, 0) is 78.3 Å². The molecule has 1 amide bonds. The van der Waals surface area contributed by atoms with Crippen LogP contribution in [-0.2, 0) is 16.1 Å². The van der Waals surface area contributed by atoms with Crippen LogP contribution in [0, 0.1) is 11.7 Å². The minimum Gasteiger partial charge on any atom is -0.508 e. The molecule has 9 nitrogen and oxygen atoms in total. The molecule has 9 rings (SSSR count). The van der Waals surface area contributed by atoms with Crippen molar-refractivity contribution in [2.24, 2.45) is 5.92 Å². The third-order valence-corrected chi connectivity index (χ3v) is 12.7. The molecule has 0 aromatic heterocycles. The van der Waals surface area contributed by atoms with Crippen LogP contribution in [0.25, 0.3) is 0 Å². The second-order valence-corrected chi connectivity index (χ2v) is 16.0. The summed E-state index contributed by atoms with van der Waals surface area (Å²) in [5.74, 6) is 0.787. The van der Waals surface area contributed by atoms with Gasteiger partial charge in [0.05, 0.1) is 24.8 Å². The predicted molar refractivity (Wildman–Crippen MR) is 209 cm³/mol. The lowest BCUT2D eigenvalue weighted by Gasteiger charge is -2.40. The largest absolute Gasteiger partial charge is 0.508 e. The number of nitrogens with zero attached hydrogens (tertiary/aromatic N) is 4. The molecule has 0 bridgehead atoms. The Hall–Kier alpha value is -5.22. The van der Waals surface area contributed by atoms with Crippen molar-refractivity contribution in [2.75, 3.05) is 62.2 Å². The summed E-state index contributed by atoms with van der Waals surface area (Å²) in [6.07, 6.45) is 2.74. The minimum absolute atomic E-state index is 0.0139. The van der Waals surface area contributed by atoms with Gasteiger partial charge < -0.3 is 24.5 Å². The van der Waals surface area contributed by atoms with Gasteiger partial charge in [0.2, 0.25) is 0 Å². The number of hydrogen-bond acceptors (Lipinski definition) is 8. The molecule has 3 atom stereocenters. The topological polar surface area (TPSA) is 93.6 Å². The lowest BCUT2D eigenvalue weighted by atomic mass is 9.76. The van der Waals surface area contributed by atoms with Crippen molar-refractivity contribution in [2.45, 2.75) is 56.5 Å². The number of piperidine rings is 1. The van der Waals surface area contributed by atoms with Gasteiger partial charge >= 0.3 is 0 Å². The van der Waals surface area contributed by atoms with Gasteiger partial charge in [0.25, 0.3) is 5.91 Å². The van der Waals surface area contributed by atoms with Crippen LogP contribution in [0.15, 0.2) is 84.9 Å². The number of carbonyl (C=O) groups is 3. The number of aromatic hydroxyl groups is 1. The first-order valence-corrected chi connectivity index (χ1v) is 19.8. The average Bonchev–Trinajstić information content (AvgIpc) is 3.53. The monoisotopic (exact) mass is 742 g/mol. The molecule has 0 radical (unpaired) electrons. The number of halogens is 1. The third kappa shape index (κ3) is 6.97. The molecule has 4 aromatic carbocycles. The summed E-state index contributed by atoms with van der Waals surface area (Å²) in [7, 11) is 0. The number of phenols is 1. The summed E-state index contributed by atoms with van der Waals surface area (Å²) in [6.45, 7) is 7.27. The van der Waals surface area contributed by atoms with Crippen molar-refractivity contribution in [3.05, 3.63) is 119 Å². The van der Waals surface area contributed by atoms with Crippen LogP contribution in [0.5, 0.6) is 11.5 Å². The van der Waals surface area contributed by atoms with Crippen LogP contribution >= 0.6 is 0 Å². The molecule has 0 spiro atoms. The summed E-state index contributed by atoms with van der Waals surface area (Å²) in [5, 5.41) is 10.1. The first kappa shape index (κ1) is 35.5. The van der Waals surface area contributed by atoms with Crippen LogP contribution in [0.3, 0.4) is 0 Å². The van der Waals surface area contributed by atoms with Crippen LogP contribution in [0.2, 0.25) is 0 Å². The van der Waals surface area contributed by atoms with Gasteiger partial charge in [0, 0.05) is 93.5 Å². The fraction of sp³-hybridized carbons (Fsp3) is 0.400. The zero-order valence-corrected chi connectivity index (χ0v) is 31.0. The number of rotatable bonds is 7. The Morgan fingerprint density at radius 1 is 0.782 bits per heavy atom. The number of piperazine rings is 1. The van der Waals surface area contributed by atoms with E-state index >= 15 is 4.39 Å². The van der Waals surface area contributed by atoms with Gasteiger partial charge in [-0.3, -0.25) is 19.3 Å². The Labute approximate surface area is 321 Å². The Bertz CT molecular complexity index is 2110. The van der Waals surface area contributed by atoms with Crippen molar-refractivity contribution < 1.29 is 28.6 Å². The summed E-state index contributed by atoms with van der Waals surface area (Å²) >= 11 is 0. The van der Waals surface area contributed by atoms with Gasteiger partial charge in [-0.2, -0.15) is 0 Å². The van der Waals surface area contributed by atoms with Crippen molar-refractivity contribution in [3.8, 4) is 11.5 Å². The molecule has 1 saturated carbocycles. The van der Waals surface area contributed by atoms with Crippen molar-refractivity contribution >= 4 is 28.8 Å². The Morgan fingerprint density at radius 3 is 2.35 bits per heavy atom. The second kappa shape index (κ2) is 14.8. The van der Waals surface area contributed by atoms with Gasteiger partial charge in [0.15, 0.2) is 5.78 Å². The Morgan fingerprint density at radius 2 is 1.58 bits per heavy atom. The first-order valence-electron chi connectivity index (χ1n) is 19.8. The number of ketones is 2. The molecule has 10 heteroatoms. The highest BCUT2D eigenvalue weighted by molar-refractivity contribution is 6.07. The summed E-state index contributed by atoms with van der Waals surface area (Å²) in [6, 6.07) is 26.7. The van der Waals surface area contributed by atoms with Crippen LogP contribution in [0.1, 0.15) is 76.6 Å². The molecule has 0 unspecified atom stereocenters. The number of benzene rings is 4. The number of carbonyl (C=O) groups excluding carboxylic acids is 3. The van der Waals surface area contributed by atoms with E-state index in [1.807, 2.05) is 42.5 Å². The highest BCUT2D eigenvalue weighted by Crippen LogP contribution is 2.47. The SMILES string of the molecule is O=C1CC[C@H](N2Cc3cc(N4CCN(CC5CCN(c6ccc([C@@H]7c8ccc(O)cc8OC[C@@H]7c7ccccc7)cc6F)CC5)CC4)ccc3C2=O)C(=O)C1. The number of ether oxygens (including phenoxy) is 1. The van der Waals surface area contributed by atoms with E-state index in [0.29, 0.717) is 48.9 Å². The number of fused-ring (bicyclic) bond motifs is 2. The summed E-state index contributed by atoms with van der Waals surface area (Å²) in [5.41, 5.74) is 6.39. The highest BCUT2D eigenvalue weighted by atomic mass is 19.1. The van der Waals surface area contributed by atoms with E-state index < -0.39 is 6.04 Å². The number of amides is 1. The molecule has 4 heterocycles. The van der Waals surface area contributed by atoms with E-state index in [-0.39, 0.29) is 47.3 Å². The average molecular weight is 743 g/mol. The second-order valence-electron chi connectivity index (χ2n) is 16.0. The maximum Gasteiger partial charge on any atom is 0.255 e. The van der Waals surface area contributed by atoms with E-state index in [2.05, 4.69) is 39.0 Å². The van der Waals surface area contributed by atoms with Gasteiger partial charge in [-0.1, -0.05) is 42.5 Å². The highest BCUT2D eigenvalue weighted by Gasteiger charge is 2.39. The molecule has 284 valence electrons. The zero-order valence-electron chi connectivity index (χ0n) is 31.0. The molecule has 3 fully saturated rings. The number of anilines is 2. The summed E-state index contributed by atoms with van der Waals surface area (Å²) in [4.78, 5) is 46.3. The van der Waals surface area contributed by atoms with E-state index in [1.165, 1.54) is 0 Å². The van der Waals surface area contributed by atoms with Crippen molar-refractivity contribution in [3.63, 3.8) is 0 Å². The number of hydrogen-bond donors (Lipinski definition) is 1. The van der Waals surface area contributed by atoms with Gasteiger partial charge in [-0.25, -0.2) is 4.39 Å². The smallest absolute Gasteiger partial charge is 0.255 e. The van der Waals surface area contributed by atoms with Crippen LogP contribution < -0.4 is 14.5 Å². The molecule has 2 saturated heterocycles. The zero-order chi connectivity index (χ0) is 37.6. The fourth-order valence-corrected chi connectivity index (χ4v) is 9.65. The van der Waals surface area contributed by atoms with E-state index in [1.54, 1.807) is 23.1 Å².